The summed E-state index contributed by atoms with van der Waals surface area (Å²) in [6.45, 7) is 14.4. The Hall–Kier alpha value is 0.423. The molecule has 0 aromatic rings. The number of halogens is 2. The molecule has 3 rings (SSSR count). The van der Waals surface area contributed by atoms with E-state index in [4.69, 9.17) is 0 Å². The fraction of sp³-hybridized carbons (Fsp3) is 0.636. The summed E-state index contributed by atoms with van der Waals surface area (Å²) in [5, 5.41) is 0. The molecule has 0 nitrogen and oxygen atoms in total. The standard InChI is InChI=1S/C12H17.C10H15.2ClH.Zr/c1-2-10-7-8-12(9-10)11-5-3-4-6-11;1-7-6-10(4,5)9(3)8(7)2;;;/h7-9,11H,2-6H2,1H3;1-5H3;2*1H;/q;;;;+2/p-2. The number of hydrogen-bond acceptors (Lipinski definition) is 0. The average Bonchev–Trinajstić information content (AvgIpc) is 3.22. The molecule has 3 heteroatoms. The van der Waals surface area contributed by atoms with Crippen molar-refractivity contribution in [3.63, 3.8) is 0 Å². The van der Waals surface area contributed by atoms with Crippen molar-refractivity contribution < 1.29 is 48.0 Å². The van der Waals surface area contributed by atoms with Crippen LogP contribution in [-0.2, 0) is 23.2 Å². The molecule has 138 valence electrons. The Bertz CT molecular complexity index is 630. The van der Waals surface area contributed by atoms with E-state index in [0.717, 1.165) is 5.92 Å². The van der Waals surface area contributed by atoms with E-state index in [-0.39, 0.29) is 24.8 Å². The van der Waals surface area contributed by atoms with Gasteiger partial charge >= 0.3 is 155 Å². The molecule has 1 unspecified atom stereocenters. The summed E-state index contributed by atoms with van der Waals surface area (Å²) in [5.41, 5.74) is 6.79. The summed E-state index contributed by atoms with van der Waals surface area (Å²) in [6.07, 6.45) is 14.8. The third-order valence-corrected chi connectivity index (χ3v) is 12.7. The van der Waals surface area contributed by atoms with Gasteiger partial charge in [-0.05, 0) is 0 Å². The molecule has 3 aliphatic carbocycles. The normalized spacial score (nSPS) is 28.0. The van der Waals surface area contributed by atoms with Crippen LogP contribution < -0.4 is 24.8 Å². The molecule has 0 aliphatic heterocycles. The van der Waals surface area contributed by atoms with Crippen molar-refractivity contribution in [3.8, 4) is 0 Å². The summed E-state index contributed by atoms with van der Waals surface area (Å²) >= 11 is -0.687. The minimum atomic E-state index is -0.687. The minimum absolute atomic E-state index is 0. The summed E-state index contributed by atoms with van der Waals surface area (Å²) in [7, 11) is 0. The molecule has 1 fully saturated rings. The quantitative estimate of drug-likeness (QED) is 0.589. The molecule has 0 radical (unpaired) electrons. The van der Waals surface area contributed by atoms with E-state index < -0.39 is 23.2 Å². The van der Waals surface area contributed by atoms with E-state index >= 15 is 0 Å². The van der Waals surface area contributed by atoms with Gasteiger partial charge < -0.3 is 24.8 Å². The molecule has 0 spiro atoms. The molecular weight excluding hydrogens is 426 g/mol. The molecule has 0 aromatic heterocycles. The van der Waals surface area contributed by atoms with Crippen LogP contribution in [-0.4, -0.2) is 0 Å². The molecule has 0 aromatic carbocycles. The molecule has 25 heavy (non-hydrogen) atoms. The van der Waals surface area contributed by atoms with Gasteiger partial charge in [-0.1, -0.05) is 0 Å². The van der Waals surface area contributed by atoms with Crippen molar-refractivity contribution >= 4 is 0 Å². The second-order valence-corrected chi connectivity index (χ2v) is 12.5. The van der Waals surface area contributed by atoms with Crippen LogP contribution in [0.5, 0.6) is 0 Å². The van der Waals surface area contributed by atoms with Gasteiger partial charge in [-0.25, -0.2) is 0 Å². The molecule has 0 amide bonds. The molecule has 1 saturated carbocycles. The van der Waals surface area contributed by atoms with Crippen LogP contribution in [0.25, 0.3) is 0 Å². The third-order valence-electron chi connectivity index (χ3n) is 6.83. The Morgan fingerprint density at radius 2 is 1.64 bits per heavy atom. The first kappa shape index (κ1) is 23.5. The van der Waals surface area contributed by atoms with Gasteiger partial charge in [0.25, 0.3) is 0 Å². The van der Waals surface area contributed by atoms with Gasteiger partial charge in [0.2, 0.25) is 0 Å². The molecular formula is C22H32Cl2Zr. The van der Waals surface area contributed by atoms with Crippen molar-refractivity contribution in [2.45, 2.75) is 76.8 Å². The van der Waals surface area contributed by atoms with Gasteiger partial charge in [-0.2, -0.15) is 0 Å². The van der Waals surface area contributed by atoms with Crippen molar-refractivity contribution in [2.24, 2.45) is 11.3 Å². The van der Waals surface area contributed by atoms with E-state index in [0.29, 0.717) is 8.54 Å². The Kier molecular flexibility index (Phi) is 8.09. The average molecular weight is 459 g/mol. The molecule has 3 aliphatic rings. The fourth-order valence-corrected chi connectivity index (χ4v) is 9.34. The van der Waals surface area contributed by atoms with Crippen LogP contribution in [0.4, 0.5) is 0 Å². The smallest absolute Gasteiger partial charge is 1.00 e. The van der Waals surface area contributed by atoms with E-state index in [9.17, 15) is 0 Å². The Balaban J connectivity index is 0.00000156. The third kappa shape index (κ3) is 4.15. The van der Waals surface area contributed by atoms with E-state index in [1.165, 1.54) is 32.1 Å². The van der Waals surface area contributed by atoms with E-state index in [1.807, 2.05) is 3.28 Å². The van der Waals surface area contributed by atoms with Gasteiger partial charge in [-0.3, -0.25) is 0 Å². The summed E-state index contributed by atoms with van der Waals surface area (Å²) in [6, 6.07) is 0. The van der Waals surface area contributed by atoms with Crippen LogP contribution in [0.1, 0.15) is 73.6 Å². The first-order valence-corrected chi connectivity index (χ1v) is 11.9. The predicted octanol–water partition coefficient (Wildman–Crippen LogP) is 0.982. The van der Waals surface area contributed by atoms with Crippen molar-refractivity contribution in [2.75, 3.05) is 0 Å². The van der Waals surface area contributed by atoms with Crippen LogP contribution in [0, 0.1) is 11.3 Å². The van der Waals surface area contributed by atoms with Gasteiger partial charge in [0.15, 0.2) is 0 Å². The minimum Gasteiger partial charge on any atom is -1.00 e. The maximum absolute atomic E-state index is 2.72. The van der Waals surface area contributed by atoms with Crippen molar-refractivity contribution in [1.82, 2.24) is 0 Å². The summed E-state index contributed by atoms with van der Waals surface area (Å²) < 4.78 is 2.27. The van der Waals surface area contributed by atoms with Gasteiger partial charge in [0.05, 0.1) is 0 Å². The zero-order valence-corrected chi connectivity index (χ0v) is 20.6. The molecule has 0 N–H and O–H groups in total. The zero-order valence-electron chi connectivity index (χ0n) is 16.6. The molecule has 0 heterocycles. The zero-order chi connectivity index (χ0) is 16.8. The maximum atomic E-state index is 2.72. The van der Waals surface area contributed by atoms with Gasteiger partial charge in [0, 0.05) is 0 Å². The predicted molar refractivity (Wildman–Crippen MR) is 97.0 cm³/mol. The second-order valence-electron chi connectivity index (χ2n) is 8.35. The van der Waals surface area contributed by atoms with Crippen molar-refractivity contribution in [3.05, 3.63) is 43.8 Å². The summed E-state index contributed by atoms with van der Waals surface area (Å²) in [4.78, 5) is 0. The first-order chi connectivity index (χ1) is 10.8. The maximum Gasteiger partial charge on any atom is -1.00 e. The van der Waals surface area contributed by atoms with Crippen LogP contribution >= 0.6 is 0 Å². The Morgan fingerprint density at radius 3 is 2.12 bits per heavy atom. The Labute approximate surface area is 179 Å². The summed E-state index contributed by atoms with van der Waals surface area (Å²) in [5.74, 6) is 0.868. The molecule has 0 saturated heterocycles. The van der Waals surface area contributed by atoms with Gasteiger partial charge in [-0.15, -0.1) is 0 Å². The van der Waals surface area contributed by atoms with E-state index in [1.54, 1.807) is 22.3 Å². The topological polar surface area (TPSA) is 0 Å². The molecule has 0 bridgehead atoms. The first-order valence-electron chi connectivity index (χ1n) is 9.40. The number of hydrogen-bond donors (Lipinski definition) is 0. The monoisotopic (exact) mass is 456 g/mol. The number of allylic oxidation sites excluding steroid dienone is 8. The van der Waals surface area contributed by atoms with Gasteiger partial charge in [0.1, 0.15) is 0 Å². The van der Waals surface area contributed by atoms with Crippen LogP contribution in [0.3, 0.4) is 0 Å². The number of rotatable bonds is 4. The van der Waals surface area contributed by atoms with Crippen LogP contribution in [0.2, 0.25) is 3.12 Å². The molecule has 1 atom stereocenters. The largest absolute Gasteiger partial charge is 1.00 e. The van der Waals surface area contributed by atoms with E-state index in [2.05, 4.69) is 59.8 Å². The van der Waals surface area contributed by atoms with Crippen LogP contribution in [0.15, 0.2) is 43.8 Å². The second kappa shape index (κ2) is 8.62. The van der Waals surface area contributed by atoms with Crippen molar-refractivity contribution in [1.29, 1.82) is 0 Å². The SMILES string of the molecule is CC[C]1([Zr+2][C]2=C(C)C(C)=C(C)C2(C)C)C=CC(C2CCCC2)=C1.[Cl-].[Cl-]. The fourth-order valence-electron chi connectivity index (χ4n) is 4.61. The Morgan fingerprint density at radius 1 is 1.04 bits per heavy atom.